The quantitative estimate of drug-likeness (QED) is 0.637. The average Bonchev–Trinajstić information content (AvgIpc) is 2.53. The van der Waals surface area contributed by atoms with Crippen LogP contribution in [0.25, 0.3) is 0 Å². The molecule has 0 bridgehead atoms. The van der Waals surface area contributed by atoms with E-state index in [1.165, 1.54) is 0 Å². The lowest BCUT2D eigenvalue weighted by Crippen LogP contribution is -2.32. The molecule has 5 heteroatoms. The minimum absolute atomic E-state index is 0.0261. The number of amides is 1. The largest absolute Gasteiger partial charge is 0.402 e. The predicted octanol–water partition coefficient (Wildman–Crippen LogP) is 3.79. The standard InChI is InChI=1S/C17H24ClN3O/c1-3-5-6-14(15(19)4-2)16(20)17(22)21-11-12-7-9-13(18)10-8-12/h7-10,20H,3-6,11,19H2,1-2H3,(H,21,22)/b15-14-,20-16?. The van der Waals surface area contributed by atoms with Crippen LogP contribution in [0.1, 0.15) is 45.1 Å². The normalized spacial score (nSPS) is 11.8. The minimum atomic E-state index is -0.391. The van der Waals surface area contributed by atoms with Gasteiger partial charge in [-0.05, 0) is 37.0 Å². The van der Waals surface area contributed by atoms with Crippen LogP contribution in [0.2, 0.25) is 5.02 Å². The molecule has 120 valence electrons. The summed E-state index contributed by atoms with van der Waals surface area (Å²) in [6, 6.07) is 7.24. The Bertz CT molecular complexity index is 550. The summed E-state index contributed by atoms with van der Waals surface area (Å²) in [5, 5.41) is 11.5. The van der Waals surface area contributed by atoms with Crippen LogP contribution >= 0.6 is 11.6 Å². The van der Waals surface area contributed by atoms with Crippen molar-refractivity contribution >= 4 is 23.2 Å². The van der Waals surface area contributed by atoms with Gasteiger partial charge in [-0.3, -0.25) is 10.2 Å². The lowest BCUT2D eigenvalue weighted by atomic mass is 10.00. The Morgan fingerprint density at radius 1 is 1.27 bits per heavy atom. The van der Waals surface area contributed by atoms with Crippen LogP contribution in [-0.4, -0.2) is 11.6 Å². The molecule has 0 unspecified atom stereocenters. The fraction of sp³-hybridized carbons (Fsp3) is 0.412. The van der Waals surface area contributed by atoms with Crippen molar-refractivity contribution in [2.24, 2.45) is 5.73 Å². The van der Waals surface area contributed by atoms with Gasteiger partial charge in [-0.25, -0.2) is 0 Å². The highest BCUT2D eigenvalue weighted by atomic mass is 35.5. The number of benzene rings is 1. The molecule has 1 aromatic carbocycles. The third kappa shape index (κ3) is 5.53. The molecule has 0 atom stereocenters. The molecule has 22 heavy (non-hydrogen) atoms. The second kappa shape index (κ2) is 9.26. The third-order valence-electron chi connectivity index (χ3n) is 3.44. The van der Waals surface area contributed by atoms with E-state index in [1.54, 1.807) is 12.1 Å². The second-order valence-corrected chi connectivity index (χ2v) is 5.58. The maximum atomic E-state index is 12.2. The lowest BCUT2D eigenvalue weighted by Gasteiger charge is -2.13. The van der Waals surface area contributed by atoms with Crippen molar-refractivity contribution < 1.29 is 4.79 Å². The number of halogens is 1. The SMILES string of the molecule is CCCC/C(C(=N)C(=O)NCc1ccc(Cl)cc1)=C(/N)CC. The average molecular weight is 322 g/mol. The van der Waals surface area contributed by atoms with E-state index in [0.29, 0.717) is 35.7 Å². The van der Waals surface area contributed by atoms with Gasteiger partial charge in [0.05, 0.1) is 0 Å². The third-order valence-corrected chi connectivity index (χ3v) is 3.70. The van der Waals surface area contributed by atoms with Gasteiger partial charge in [0.2, 0.25) is 0 Å². The van der Waals surface area contributed by atoms with Gasteiger partial charge in [0, 0.05) is 22.8 Å². The zero-order chi connectivity index (χ0) is 16.5. The topological polar surface area (TPSA) is 79.0 Å². The molecule has 0 heterocycles. The molecule has 0 aliphatic rings. The van der Waals surface area contributed by atoms with Gasteiger partial charge < -0.3 is 11.1 Å². The lowest BCUT2D eigenvalue weighted by molar-refractivity contribution is -0.115. The first kappa shape index (κ1) is 18.2. The number of allylic oxidation sites excluding steroid dienone is 1. The van der Waals surface area contributed by atoms with Gasteiger partial charge in [-0.2, -0.15) is 0 Å². The maximum absolute atomic E-state index is 12.2. The van der Waals surface area contributed by atoms with Gasteiger partial charge in [0.15, 0.2) is 0 Å². The summed E-state index contributed by atoms with van der Waals surface area (Å²) in [5.41, 5.74) is 8.17. The van der Waals surface area contributed by atoms with E-state index in [4.69, 9.17) is 22.7 Å². The van der Waals surface area contributed by atoms with Crippen molar-refractivity contribution in [1.82, 2.24) is 5.32 Å². The molecule has 4 nitrogen and oxygen atoms in total. The fourth-order valence-electron chi connectivity index (χ4n) is 2.02. The van der Waals surface area contributed by atoms with Crippen LogP contribution in [0.4, 0.5) is 0 Å². The second-order valence-electron chi connectivity index (χ2n) is 5.15. The van der Waals surface area contributed by atoms with E-state index in [2.05, 4.69) is 12.2 Å². The summed E-state index contributed by atoms with van der Waals surface area (Å²) >= 11 is 5.82. The number of carbonyl (C=O) groups is 1. The van der Waals surface area contributed by atoms with Crippen molar-refractivity contribution in [3.05, 3.63) is 46.1 Å². The number of carbonyl (C=O) groups excluding carboxylic acids is 1. The van der Waals surface area contributed by atoms with E-state index in [-0.39, 0.29) is 5.71 Å². The van der Waals surface area contributed by atoms with Crippen LogP contribution in [0.5, 0.6) is 0 Å². The first-order chi connectivity index (χ1) is 10.5. The monoisotopic (exact) mass is 321 g/mol. The fourth-order valence-corrected chi connectivity index (χ4v) is 2.15. The summed E-state index contributed by atoms with van der Waals surface area (Å²) < 4.78 is 0. The molecule has 0 aromatic heterocycles. The van der Waals surface area contributed by atoms with Crippen molar-refractivity contribution in [2.75, 3.05) is 0 Å². The summed E-state index contributed by atoms with van der Waals surface area (Å²) in [6.07, 6.45) is 3.23. The maximum Gasteiger partial charge on any atom is 0.269 e. The summed E-state index contributed by atoms with van der Waals surface area (Å²) in [6.45, 7) is 4.37. The predicted molar refractivity (Wildman–Crippen MR) is 92.1 cm³/mol. The van der Waals surface area contributed by atoms with Crippen LogP contribution in [0.15, 0.2) is 35.5 Å². The van der Waals surface area contributed by atoms with E-state index >= 15 is 0 Å². The molecule has 1 aromatic rings. The summed E-state index contributed by atoms with van der Waals surface area (Å²) in [7, 11) is 0. The van der Waals surface area contributed by atoms with Crippen LogP contribution in [-0.2, 0) is 11.3 Å². The molecule has 0 radical (unpaired) electrons. The molecule has 0 aliphatic carbocycles. The number of rotatable bonds is 8. The van der Waals surface area contributed by atoms with Crippen molar-refractivity contribution in [3.8, 4) is 0 Å². The van der Waals surface area contributed by atoms with Crippen molar-refractivity contribution in [2.45, 2.75) is 46.1 Å². The highest BCUT2D eigenvalue weighted by Crippen LogP contribution is 2.14. The van der Waals surface area contributed by atoms with Gasteiger partial charge in [0.25, 0.3) is 5.91 Å². The Morgan fingerprint density at radius 2 is 1.91 bits per heavy atom. The van der Waals surface area contributed by atoms with E-state index < -0.39 is 5.91 Å². The van der Waals surface area contributed by atoms with Crippen molar-refractivity contribution in [3.63, 3.8) is 0 Å². The van der Waals surface area contributed by atoms with Gasteiger partial charge in [0.1, 0.15) is 5.71 Å². The number of nitrogens with one attached hydrogen (secondary N) is 2. The van der Waals surface area contributed by atoms with E-state index in [0.717, 1.165) is 18.4 Å². The summed E-state index contributed by atoms with van der Waals surface area (Å²) in [5.74, 6) is -0.391. The Morgan fingerprint density at radius 3 is 2.45 bits per heavy atom. The van der Waals surface area contributed by atoms with Gasteiger partial charge in [-0.1, -0.05) is 44.0 Å². The number of unbranched alkanes of at least 4 members (excludes halogenated alkanes) is 1. The highest BCUT2D eigenvalue weighted by molar-refractivity contribution is 6.44. The molecular formula is C17H24ClN3O. The smallest absolute Gasteiger partial charge is 0.269 e. The summed E-state index contributed by atoms with van der Waals surface area (Å²) in [4.78, 5) is 12.2. The van der Waals surface area contributed by atoms with Crippen LogP contribution in [0.3, 0.4) is 0 Å². The van der Waals surface area contributed by atoms with Crippen LogP contribution in [0, 0.1) is 5.41 Å². The minimum Gasteiger partial charge on any atom is -0.402 e. The van der Waals surface area contributed by atoms with Crippen LogP contribution < -0.4 is 11.1 Å². The zero-order valence-corrected chi connectivity index (χ0v) is 14.0. The van der Waals surface area contributed by atoms with Crippen molar-refractivity contribution in [1.29, 1.82) is 5.41 Å². The molecule has 1 amide bonds. The Balaban J connectivity index is 2.69. The molecule has 0 saturated carbocycles. The molecule has 1 rings (SSSR count). The molecule has 0 spiro atoms. The zero-order valence-electron chi connectivity index (χ0n) is 13.2. The molecule has 0 aliphatic heterocycles. The number of nitrogens with two attached hydrogens (primary N) is 1. The first-order valence-corrected chi connectivity index (χ1v) is 7.96. The van der Waals surface area contributed by atoms with Gasteiger partial charge >= 0.3 is 0 Å². The van der Waals surface area contributed by atoms with Gasteiger partial charge in [-0.15, -0.1) is 0 Å². The van der Waals surface area contributed by atoms with E-state index in [1.807, 2.05) is 19.1 Å². The Labute approximate surface area is 137 Å². The molecular weight excluding hydrogens is 298 g/mol. The first-order valence-electron chi connectivity index (χ1n) is 7.58. The number of hydrogen-bond donors (Lipinski definition) is 3. The molecule has 4 N–H and O–H groups in total. The number of hydrogen-bond acceptors (Lipinski definition) is 3. The Kier molecular flexibility index (Phi) is 7.67. The Hall–Kier alpha value is -1.81. The molecule has 0 fully saturated rings. The molecule has 0 saturated heterocycles. The highest BCUT2D eigenvalue weighted by Gasteiger charge is 2.16. The van der Waals surface area contributed by atoms with E-state index in [9.17, 15) is 4.79 Å².